The van der Waals surface area contributed by atoms with Gasteiger partial charge in [-0.2, -0.15) is 0 Å². The lowest BCUT2D eigenvalue weighted by Gasteiger charge is -2.05. The third kappa shape index (κ3) is 1.81. The van der Waals surface area contributed by atoms with Crippen LogP contribution >= 0.6 is 28.6 Å². The third-order valence-corrected chi connectivity index (χ3v) is 2.46. The molecule has 0 unspecified atom stereocenters. The molecule has 0 aliphatic rings. The first-order chi connectivity index (χ1) is 5.69. The smallest absolute Gasteiger partial charge is 0.151 e. The van der Waals surface area contributed by atoms with Crippen LogP contribution < -0.4 is 4.74 Å². The second kappa shape index (κ2) is 3.96. The average Bonchev–Trinajstić information content (AvgIpc) is 2.05. The molecule has 1 aromatic rings. The number of ether oxygens (including phenoxy) is 1. The summed E-state index contributed by atoms with van der Waals surface area (Å²) in [4.78, 5) is 11.2. The highest BCUT2D eigenvalue weighted by atomic mass is 79.9. The summed E-state index contributed by atoms with van der Waals surface area (Å²) in [5, 5.41) is 0. The summed E-state index contributed by atoms with van der Waals surface area (Å²) >= 11 is 7.40. The van der Waals surface area contributed by atoms with Crippen LogP contribution in [0.2, 0.25) is 0 Å². The summed E-state index contributed by atoms with van der Waals surface area (Å²) < 4.78 is 5.71. The molecule has 0 fully saturated rings. The first-order valence-electron chi connectivity index (χ1n) is 3.20. The number of carbonyl (C=O) groups excluding carboxylic acids is 1. The molecule has 0 amide bonds. The number of hydrogen-bond donors (Lipinski definition) is 1. The summed E-state index contributed by atoms with van der Waals surface area (Å²) in [7, 11) is 1.54. The molecule has 0 bridgehead atoms. The van der Waals surface area contributed by atoms with Crippen molar-refractivity contribution in [3.63, 3.8) is 0 Å². The average molecular weight is 247 g/mol. The number of methoxy groups -OCH3 is 1. The predicted octanol–water partition coefficient (Wildman–Crippen LogP) is 2.56. The quantitative estimate of drug-likeness (QED) is 0.642. The highest BCUT2D eigenvalue weighted by Crippen LogP contribution is 2.28. The molecule has 0 aliphatic heterocycles. The molecule has 0 aliphatic carbocycles. The number of carbonyl (C=O) groups is 1. The fraction of sp³-hybridized carbons (Fsp3) is 0.125. The molecule has 64 valence electrons. The molecular weight excluding hydrogens is 240 g/mol. The van der Waals surface area contributed by atoms with Gasteiger partial charge in [-0.1, -0.05) is 15.9 Å². The molecule has 4 heteroatoms. The van der Waals surface area contributed by atoms with E-state index in [0.717, 1.165) is 10.8 Å². The maximum atomic E-state index is 10.5. The van der Waals surface area contributed by atoms with Crippen LogP contribution in [0.3, 0.4) is 0 Å². The van der Waals surface area contributed by atoms with Gasteiger partial charge >= 0.3 is 0 Å². The third-order valence-electron chi connectivity index (χ3n) is 1.43. The van der Waals surface area contributed by atoms with Crippen molar-refractivity contribution in [3.8, 4) is 5.75 Å². The predicted molar refractivity (Wildman–Crippen MR) is 53.3 cm³/mol. The minimum absolute atomic E-state index is 0.560. The monoisotopic (exact) mass is 246 g/mol. The minimum atomic E-state index is 0.560. The summed E-state index contributed by atoms with van der Waals surface area (Å²) in [6, 6.07) is 3.37. The van der Waals surface area contributed by atoms with Gasteiger partial charge in [0.2, 0.25) is 0 Å². The van der Waals surface area contributed by atoms with Gasteiger partial charge in [0, 0.05) is 14.9 Å². The Kier molecular flexibility index (Phi) is 3.17. The van der Waals surface area contributed by atoms with E-state index in [2.05, 4.69) is 28.6 Å². The summed E-state index contributed by atoms with van der Waals surface area (Å²) in [5.74, 6) is 0.601. The molecule has 0 saturated heterocycles. The van der Waals surface area contributed by atoms with Gasteiger partial charge in [-0.15, -0.1) is 12.6 Å². The Morgan fingerprint density at radius 3 is 2.75 bits per heavy atom. The Morgan fingerprint density at radius 1 is 1.58 bits per heavy atom. The van der Waals surface area contributed by atoms with Gasteiger partial charge in [-0.25, -0.2) is 0 Å². The highest BCUT2D eigenvalue weighted by molar-refractivity contribution is 9.10. The van der Waals surface area contributed by atoms with Crippen molar-refractivity contribution in [2.45, 2.75) is 4.90 Å². The van der Waals surface area contributed by atoms with Gasteiger partial charge < -0.3 is 4.74 Å². The number of benzene rings is 1. The zero-order valence-electron chi connectivity index (χ0n) is 6.37. The standard InChI is InChI=1S/C8H7BrO2S/c1-11-7-2-5(4-10)6(9)3-8(7)12/h2-4,12H,1H3. The topological polar surface area (TPSA) is 26.3 Å². The maximum Gasteiger partial charge on any atom is 0.151 e. The summed E-state index contributed by atoms with van der Waals surface area (Å²) in [6.45, 7) is 0. The van der Waals surface area contributed by atoms with Gasteiger partial charge in [0.15, 0.2) is 6.29 Å². The fourth-order valence-electron chi connectivity index (χ4n) is 0.812. The highest BCUT2D eigenvalue weighted by Gasteiger charge is 2.04. The van der Waals surface area contributed by atoms with Gasteiger partial charge in [-0.3, -0.25) is 4.79 Å². The van der Waals surface area contributed by atoms with Crippen molar-refractivity contribution in [2.75, 3.05) is 7.11 Å². The van der Waals surface area contributed by atoms with E-state index in [-0.39, 0.29) is 0 Å². The van der Waals surface area contributed by atoms with Gasteiger partial charge in [0.1, 0.15) is 5.75 Å². The molecular formula is C8H7BrO2S. The van der Waals surface area contributed by atoms with E-state index < -0.39 is 0 Å². The molecule has 0 aromatic heterocycles. The molecule has 0 atom stereocenters. The first-order valence-corrected chi connectivity index (χ1v) is 4.44. The van der Waals surface area contributed by atoms with E-state index in [1.165, 1.54) is 7.11 Å². The Morgan fingerprint density at radius 2 is 2.25 bits per heavy atom. The molecule has 2 nitrogen and oxygen atoms in total. The molecule has 1 rings (SSSR count). The van der Waals surface area contributed by atoms with Crippen molar-refractivity contribution < 1.29 is 9.53 Å². The summed E-state index contributed by atoms with van der Waals surface area (Å²) in [6.07, 6.45) is 0.764. The minimum Gasteiger partial charge on any atom is -0.496 e. The van der Waals surface area contributed by atoms with Gasteiger partial charge in [0.05, 0.1) is 7.11 Å². The maximum absolute atomic E-state index is 10.5. The molecule has 0 radical (unpaired) electrons. The van der Waals surface area contributed by atoms with Crippen LogP contribution in [0.25, 0.3) is 0 Å². The van der Waals surface area contributed by atoms with E-state index >= 15 is 0 Å². The molecule has 1 aromatic carbocycles. The van der Waals surface area contributed by atoms with E-state index in [9.17, 15) is 4.79 Å². The second-order valence-electron chi connectivity index (χ2n) is 2.16. The van der Waals surface area contributed by atoms with E-state index in [1.54, 1.807) is 12.1 Å². The van der Waals surface area contributed by atoms with Crippen LogP contribution in [0.1, 0.15) is 10.4 Å². The SMILES string of the molecule is COc1cc(C=O)c(Br)cc1S. The lowest BCUT2D eigenvalue weighted by molar-refractivity contribution is 0.112. The second-order valence-corrected chi connectivity index (χ2v) is 3.50. The molecule has 0 saturated carbocycles. The van der Waals surface area contributed by atoms with E-state index in [1.807, 2.05) is 0 Å². The molecule has 0 spiro atoms. The number of rotatable bonds is 2. The fourth-order valence-corrected chi connectivity index (χ4v) is 1.71. The van der Waals surface area contributed by atoms with Crippen LogP contribution in [0.5, 0.6) is 5.75 Å². The van der Waals surface area contributed by atoms with Gasteiger partial charge in [0.25, 0.3) is 0 Å². The van der Waals surface area contributed by atoms with Crippen molar-refractivity contribution >= 4 is 34.8 Å². The van der Waals surface area contributed by atoms with Crippen LogP contribution in [-0.2, 0) is 0 Å². The van der Waals surface area contributed by atoms with Crippen molar-refractivity contribution in [1.29, 1.82) is 0 Å². The Hall–Kier alpha value is -0.480. The summed E-state index contributed by atoms with van der Waals surface area (Å²) in [5.41, 5.74) is 0.560. The van der Waals surface area contributed by atoms with Gasteiger partial charge in [-0.05, 0) is 12.1 Å². The van der Waals surface area contributed by atoms with Crippen LogP contribution in [0.4, 0.5) is 0 Å². The Bertz CT molecular complexity index is 312. The molecule has 0 heterocycles. The normalized spacial score (nSPS) is 9.58. The van der Waals surface area contributed by atoms with Crippen molar-refractivity contribution in [3.05, 3.63) is 22.2 Å². The van der Waals surface area contributed by atoms with Crippen LogP contribution in [-0.4, -0.2) is 13.4 Å². The Labute approximate surface area is 84.5 Å². The van der Waals surface area contributed by atoms with E-state index in [4.69, 9.17) is 4.74 Å². The number of aldehydes is 1. The van der Waals surface area contributed by atoms with Crippen LogP contribution in [0.15, 0.2) is 21.5 Å². The van der Waals surface area contributed by atoms with Crippen molar-refractivity contribution in [2.24, 2.45) is 0 Å². The number of thiol groups is 1. The number of halogens is 1. The zero-order chi connectivity index (χ0) is 9.14. The molecule has 12 heavy (non-hydrogen) atoms. The van der Waals surface area contributed by atoms with E-state index in [0.29, 0.717) is 16.2 Å². The largest absolute Gasteiger partial charge is 0.496 e. The molecule has 0 N–H and O–H groups in total. The first kappa shape index (κ1) is 9.61. The lowest BCUT2D eigenvalue weighted by Crippen LogP contribution is -1.89. The Balaban J connectivity index is 3.26. The lowest BCUT2D eigenvalue weighted by atomic mass is 10.2. The number of hydrogen-bond acceptors (Lipinski definition) is 3. The zero-order valence-corrected chi connectivity index (χ0v) is 8.85. The van der Waals surface area contributed by atoms with Crippen molar-refractivity contribution in [1.82, 2.24) is 0 Å². The van der Waals surface area contributed by atoms with Crippen LogP contribution in [0, 0.1) is 0 Å².